The van der Waals surface area contributed by atoms with E-state index in [-0.39, 0.29) is 23.1 Å². The van der Waals surface area contributed by atoms with Crippen molar-refractivity contribution in [2.45, 2.75) is 93.0 Å². The van der Waals surface area contributed by atoms with E-state index in [2.05, 4.69) is 50.0 Å². The first-order chi connectivity index (χ1) is 25.7. The fourth-order valence-corrected chi connectivity index (χ4v) is 5.97. The average Bonchev–Trinajstić information content (AvgIpc) is 3.54. The van der Waals surface area contributed by atoms with Gasteiger partial charge < -0.3 is 16.0 Å². The van der Waals surface area contributed by atoms with Crippen LogP contribution in [0.2, 0.25) is 0 Å². The van der Waals surface area contributed by atoms with Gasteiger partial charge in [-0.1, -0.05) is 71.7 Å². The Labute approximate surface area is 315 Å². The molecule has 3 N–H and O–H groups in total. The molecule has 4 heterocycles. The van der Waals surface area contributed by atoms with Gasteiger partial charge in [0.25, 0.3) is 11.5 Å². The van der Waals surface area contributed by atoms with Gasteiger partial charge >= 0.3 is 5.69 Å². The number of nitrogens with two attached hydrogens (primary N) is 1. The second-order valence-corrected chi connectivity index (χ2v) is 14.1. The minimum absolute atomic E-state index is 0.0650. The number of hydrogen-bond donors (Lipinski definition) is 2. The molecule has 0 aliphatic carbocycles. The first-order valence-corrected chi connectivity index (χ1v) is 18.7. The van der Waals surface area contributed by atoms with Gasteiger partial charge in [-0.05, 0) is 68.5 Å². The third-order valence-corrected chi connectivity index (χ3v) is 9.25. The highest BCUT2D eigenvalue weighted by atomic mass is 19.1. The average molecular weight is 741 g/mol. The van der Waals surface area contributed by atoms with Gasteiger partial charge in [0.1, 0.15) is 23.2 Å². The van der Waals surface area contributed by atoms with Crippen LogP contribution in [0.1, 0.15) is 109 Å². The molecule has 0 radical (unpaired) electrons. The van der Waals surface area contributed by atoms with E-state index in [1.54, 1.807) is 32.9 Å². The highest BCUT2D eigenvalue weighted by Gasteiger charge is 2.27. The topological polar surface area (TPSA) is 150 Å². The molecule has 3 aromatic heterocycles. The lowest BCUT2D eigenvalue weighted by Crippen LogP contribution is -2.43. The largest absolute Gasteiger partial charge is 0.382 e. The number of piperidine rings is 1. The summed E-state index contributed by atoms with van der Waals surface area (Å²) in [6.07, 6.45) is 6.77. The number of likely N-dealkylation sites (tertiary alicyclic amines) is 1. The minimum Gasteiger partial charge on any atom is -0.382 e. The molecule has 288 valence electrons. The first-order valence-electron chi connectivity index (χ1n) is 18.7. The maximum atomic E-state index is 14.7. The second kappa shape index (κ2) is 18.4. The highest BCUT2D eigenvalue weighted by molar-refractivity contribution is 6.04. The molecule has 0 spiro atoms. The molecule has 54 heavy (non-hydrogen) atoms. The lowest BCUT2D eigenvalue weighted by atomic mass is 9.93. The van der Waals surface area contributed by atoms with E-state index in [4.69, 9.17) is 5.73 Å². The van der Waals surface area contributed by atoms with Crippen molar-refractivity contribution in [3.8, 4) is 16.8 Å². The van der Waals surface area contributed by atoms with E-state index < -0.39 is 29.0 Å². The highest BCUT2D eigenvalue weighted by Crippen LogP contribution is 2.37. The maximum Gasteiger partial charge on any atom is 0.336 e. The number of carbonyl (C=O) groups excluding carboxylic acids is 2. The fourth-order valence-electron chi connectivity index (χ4n) is 5.97. The monoisotopic (exact) mass is 740 g/mol. The van der Waals surface area contributed by atoms with Crippen LogP contribution in [0.5, 0.6) is 0 Å². The quantitative estimate of drug-likeness (QED) is 0.176. The lowest BCUT2D eigenvalue weighted by Gasteiger charge is -2.31. The van der Waals surface area contributed by atoms with E-state index in [1.807, 2.05) is 27.6 Å². The summed E-state index contributed by atoms with van der Waals surface area (Å²) in [5, 5.41) is 7.21. The molecule has 0 unspecified atom stereocenters. The van der Waals surface area contributed by atoms with Crippen molar-refractivity contribution in [2.24, 2.45) is 5.92 Å². The molecule has 1 aliphatic heterocycles. The van der Waals surface area contributed by atoms with Gasteiger partial charge in [0.05, 0.1) is 5.69 Å². The van der Waals surface area contributed by atoms with Gasteiger partial charge in [0.15, 0.2) is 5.82 Å². The molecule has 1 aliphatic rings. The molecule has 2 amide bonds. The Morgan fingerprint density at radius 3 is 2.15 bits per heavy atom. The molecule has 13 heteroatoms. The third-order valence-electron chi connectivity index (χ3n) is 9.25. The molecule has 0 saturated carbocycles. The Hall–Kier alpha value is -5.59. The molecule has 0 atom stereocenters. The molecule has 6 rings (SSSR count). The predicted octanol–water partition coefficient (Wildman–Crippen LogP) is 7.46. The Morgan fingerprint density at radius 2 is 1.59 bits per heavy atom. The standard InChI is InChI=1S/C33H33FN8O4.C5H12.C3H8/c1-19(2)40-17-25(32(45)41(33(40)46)27-7-5-4-6-26(27)34)31(44)38-23-10-8-21(9-11-23)24-16-28(42-29(24)30(35)36-18-37-42)22-12-14-39(15-13-22)20(3)43;1-4-5(2)3;1-3-2/h4-11,16-19,22H,12-15H2,1-3H3,(H,38,44)(H2,35,36,37);5H,4H2,1-3H3;3H2,1-2H3. The predicted molar refractivity (Wildman–Crippen MR) is 213 cm³/mol. The summed E-state index contributed by atoms with van der Waals surface area (Å²) in [7, 11) is 0. The van der Waals surface area contributed by atoms with E-state index in [0.717, 1.165) is 41.6 Å². The number of nitrogen functional groups attached to an aromatic ring is 1. The van der Waals surface area contributed by atoms with Crippen LogP contribution in [-0.2, 0) is 4.79 Å². The molecule has 1 saturated heterocycles. The Balaban J connectivity index is 0.000000741. The van der Waals surface area contributed by atoms with Crippen LogP contribution in [0.25, 0.3) is 22.3 Å². The maximum absolute atomic E-state index is 14.7. The van der Waals surface area contributed by atoms with Crippen LogP contribution in [-0.4, -0.2) is 53.5 Å². The van der Waals surface area contributed by atoms with E-state index in [1.165, 1.54) is 48.1 Å². The summed E-state index contributed by atoms with van der Waals surface area (Å²) >= 11 is 0. The number of nitrogens with zero attached hydrogens (tertiary/aromatic N) is 6. The normalized spacial score (nSPS) is 13.0. The number of para-hydroxylation sites is 1. The number of rotatable bonds is 7. The Bertz CT molecular complexity index is 2180. The smallest absolute Gasteiger partial charge is 0.336 e. The number of carbonyl (C=O) groups is 2. The molecule has 12 nitrogen and oxygen atoms in total. The zero-order chi connectivity index (χ0) is 39.7. The van der Waals surface area contributed by atoms with Crippen molar-refractivity contribution in [3.63, 3.8) is 0 Å². The van der Waals surface area contributed by atoms with E-state index in [9.17, 15) is 23.6 Å². The van der Waals surface area contributed by atoms with Crippen LogP contribution in [0.4, 0.5) is 15.9 Å². The van der Waals surface area contributed by atoms with Crippen LogP contribution < -0.4 is 22.3 Å². The molecular weight excluding hydrogens is 688 g/mol. The van der Waals surface area contributed by atoms with Crippen LogP contribution >= 0.6 is 0 Å². The Kier molecular flexibility index (Phi) is 14.1. The van der Waals surface area contributed by atoms with Crippen molar-refractivity contribution >= 4 is 28.8 Å². The van der Waals surface area contributed by atoms with Crippen molar-refractivity contribution in [3.05, 3.63) is 105 Å². The van der Waals surface area contributed by atoms with Gasteiger partial charge in [0, 0.05) is 55.1 Å². The number of benzene rings is 2. The minimum atomic E-state index is -0.932. The van der Waals surface area contributed by atoms with E-state index in [0.29, 0.717) is 34.7 Å². The van der Waals surface area contributed by atoms with Crippen molar-refractivity contribution in [1.82, 2.24) is 28.6 Å². The number of anilines is 2. The zero-order valence-corrected chi connectivity index (χ0v) is 32.6. The van der Waals surface area contributed by atoms with Crippen LogP contribution in [0.15, 0.2) is 76.7 Å². The summed E-state index contributed by atoms with van der Waals surface area (Å²) in [4.78, 5) is 57.8. The Morgan fingerprint density at radius 1 is 0.981 bits per heavy atom. The van der Waals surface area contributed by atoms with Gasteiger partial charge in [-0.15, -0.1) is 0 Å². The first kappa shape index (κ1) is 41.2. The van der Waals surface area contributed by atoms with Gasteiger partial charge in [-0.25, -0.2) is 23.3 Å². The summed E-state index contributed by atoms with van der Waals surface area (Å²) in [6, 6.07) is 14.1. The van der Waals surface area contributed by atoms with Crippen LogP contribution in [0.3, 0.4) is 0 Å². The number of aromatic nitrogens is 5. The number of halogens is 1. The number of fused-ring (bicyclic) bond motifs is 1. The van der Waals surface area contributed by atoms with Crippen molar-refractivity contribution < 1.29 is 14.0 Å². The summed E-state index contributed by atoms with van der Waals surface area (Å²) in [5.74, 6) is -0.0684. The molecule has 0 bridgehead atoms. The number of nitrogens with one attached hydrogen (secondary N) is 1. The second-order valence-electron chi connectivity index (χ2n) is 14.1. The molecule has 1 fully saturated rings. The lowest BCUT2D eigenvalue weighted by molar-refractivity contribution is -0.129. The third kappa shape index (κ3) is 9.31. The molecular formula is C41H53FN8O4. The zero-order valence-electron chi connectivity index (χ0n) is 32.6. The van der Waals surface area contributed by atoms with Crippen LogP contribution in [0, 0.1) is 11.7 Å². The molecule has 2 aromatic carbocycles. The van der Waals surface area contributed by atoms with Crippen molar-refractivity contribution in [2.75, 3.05) is 24.1 Å². The summed E-state index contributed by atoms with van der Waals surface area (Å²) in [6.45, 7) is 17.3. The summed E-state index contributed by atoms with van der Waals surface area (Å²) in [5.41, 5.74) is 7.74. The summed E-state index contributed by atoms with van der Waals surface area (Å²) < 4.78 is 18.4. The number of hydrogen-bond acceptors (Lipinski definition) is 7. The SMILES string of the molecule is CC(=O)N1CCC(c2cc(-c3ccc(NC(=O)c4cn(C(C)C)c(=O)n(-c5ccccc5F)c4=O)cc3)c3c(N)ncnn23)CC1.CCC.CCC(C)C. The van der Waals surface area contributed by atoms with Gasteiger partial charge in [-0.2, -0.15) is 5.10 Å². The van der Waals surface area contributed by atoms with Crippen molar-refractivity contribution in [1.29, 1.82) is 0 Å². The van der Waals surface area contributed by atoms with Gasteiger partial charge in [-0.3, -0.25) is 19.0 Å². The molecule has 5 aromatic rings. The fraction of sp³-hybridized carbons (Fsp3) is 0.415. The van der Waals surface area contributed by atoms with Gasteiger partial charge in [0.2, 0.25) is 5.91 Å². The van der Waals surface area contributed by atoms with E-state index >= 15 is 0 Å². The number of amides is 2.